The van der Waals surface area contributed by atoms with Gasteiger partial charge in [0.15, 0.2) is 6.04 Å². The minimum absolute atomic E-state index is 0.203. The zero-order valence-electron chi connectivity index (χ0n) is 12.6. The highest BCUT2D eigenvalue weighted by Gasteiger charge is 2.34. The highest BCUT2D eigenvalue weighted by molar-refractivity contribution is 6.18. The van der Waals surface area contributed by atoms with Crippen LogP contribution in [-0.2, 0) is 4.79 Å². The van der Waals surface area contributed by atoms with Crippen LogP contribution in [0.3, 0.4) is 0 Å². The Kier molecular flexibility index (Phi) is 3.54. The quantitative estimate of drug-likeness (QED) is 0.883. The molecule has 0 radical (unpaired) electrons. The zero-order valence-corrected chi connectivity index (χ0v) is 12.6. The number of benzene rings is 1. The number of hydrogen-bond acceptors (Lipinski definition) is 5. The standard InChI is InChI=1S/C15H16N6O/c1-9-13(10(2)17-16-9)18-19-14-11(3)20-21(15(14)22)12-7-5-4-6-8-12/h4-8,14H,1-3H3,(H,16,17). The molecule has 0 bridgehead atoms. The second-order valence-electron chi connectivity index (χ2n) is 5.13. The number of nitrogens with one attached hydrogen (secondary N) is 1. The minimum atomic E-state index is -0.686. The molecule has 1 aromatic heterocycles. The van der Waals surface area contributed by atoms with Gasteiger partial charge in [-0.3, -0.25) is 9.89 Å². The second kappa shape index (κ2) is 5.51. The molecule has 1 aromatic carbocycles. The van der Waals surface area contributed by atoms with Crippen molar-refractivity contribution in [3.63, 3.8) is 0 Å². The van der Waals surface area contributed by atoms with Crippen LogP contribution in [0, 0.1) is 13.8 Å². The van der Waals surface area contributed by atoms with E-state index in [-0.39, 0.29) is 5.91 Å². The number of aromatic nitrogens is 2. The van der Waals surface area contributed by atoms with Crippen LogP contribution in [0.15, 0.2) is 45.7 Å². The van der Waals surface area contributed by atoms with E-state index in [0.717, 1.165) is 17.1 Å². The molecular weight excluding hydrogens is 280 g/mol. The van der Waals surface area contributed by atoms with Gasteiger partial charge >= 0.3 is 0 Å². The first kappa shape index (κ1) is 14.1. The lowest BCUT2D eigenvalue weighted by molar-refractivity contribution is -0.117. The van der Waals surface area contributed by atoms with E-state index in [0.29, 0.717) is 11.4 Å². The number of H-pyrrole nitrogens is 1. The highest BCUT2D eigenvalue weighted by atomic mass is 16.2. The lowest BCUT2D eigenvalue weighted by Gasteiger charge is -2.11. The third kappa shape index (κ3) is 2.41. The van der Waals surface area contributed by atoms with Gasteiger partial charge in [-0.05, 0) is 32.9 Å². The van der Waals surface area contributed by atoms with Crippen molar-refractivity contribution in [1.29, 1.82) is 0 Å². The topological polar surface area (TPSA) is 86.1 Å². The Morgan fingerprint density at radius 1 is 1.18 bits per heavy atom. The first-order chi connectivity index (χ1) is 10.6. The van der Waals surface area contributed by atoms with Gasteiger partial charge in [0, 0.05) is 0 Å². The Labute approximate surface area is 127 Å². The fourth-order valence-corrected chi connectivity index (χ4v) is 2.25. The van der Waals surface area contributed by atoms with Crippen molar-refractivity contribution < 1.29 is 4.79 Å². The van der Waals surface area contributed by atoms with E-state index in [1.54, 1.807) is 6.92 Å². The van der Waals surface area contributed by atoms with E-state index >= 15 is 0 Å². The minimum Gasteiger partial charge on any atom is -0.280 e. The van der Waals surface area contributed by atoms with Crippen molar-refractivity contribution >= 4 is 23.0 Å². The average molecular weight is 296 g/mol. The number of amides is 1. The predicted octanol–water partition coefficient (Wildman–Crippen LogP) is 2.90. The summed E-state index contributed by atoms with van der Waals surface area (Å²) in [6, 6.07) is 8.59. The largest absolute Gasteiger partial charge is 0.280 e. The van der Waals surface area contributed by atoms with Gasteiger partial charge in [0.1, 0.15) is 5.69 Å². The van der Waals surface area contributed by atoms with Crippen molar-refractivity contribution in [2.75, 3.05) is 5.01 Å². The van der Waals surface area contributed by atoms with E-state index in [2.05, 4.69) is 25.5 Å². The number of nitrogens with zero attached hydrogens (tertiary/aromatic N) is 5. The molecule has 1 aliphatic rings. The molecule has 0 aliphatic carbocycles. The van der Waals surface area contributed by atoms with E-state index in [1.165, 1.54) is 5.01 Å². The number of carbonyl (C=O) groups is 1. The number of anilines is 1. The summed E-state index contributed by atoms with van der Waals surface area (Å²) in [6.45, 7) is 5.48. The highest BCUT2D eigenvalue weighted by Crippen LogP contribution is 2.25. The summed E-state index contributed by atoms with van der Waals surface area (Å²) in [4.78, 5) is 12.5. The van der Waals surface area contributed by atoms with Gasteiger partial charge in [0.2, 0.25) is 0 Å². The van der Waals surface area contributed by atoms with Crippen LogP contribution < -0.4 is 5.01 Å². The van der Waals surface area contributed by atoms with Gasteiger partial charge in [0.25, 0.3) is 5.91 Å². The molecule has 0 spiro atoms. The zero-order chi connectivity index (χ0) is 15.7. The molecule has 3 rings (SSSR count). The molecule has 112 valence electrons. The van der Waals surface area contributed by atoms with E-state index in [4.69, 9.17) is 0 Å². The molecular formula is C15H16N6O. The average Bonchev–Trinajstić information content (AvgIpc) is 2.99. The predicted molar refractivity (Wildman–Crippen MR) is 83.4 cm³/mol. The van der Waals surface area contributed by atoms with Crippen LogP contribution in [0.4, 0.5) is 11.4 Å². The first-order valence-electron chi connectivity index (χ1n) is 6.94. The molecule has 1 N–H and O–H groups in total. The molecule has 7 nitrogen and oxygen atoms in total. The number of hydrazone groups is 1. The molecule has 1 aliphatic heterocycles. The summed E-state index contributed by atoms with van der Waals surface area (Å²) in [5.74, 6) is -0.203. The van der Waals surface area contributed by atoms with Crippen LogP contribution in [0.5, 0.6) is 0 Å². The smallest absolute Gasteiger partial charge is 0.280 e. The maximum absolute atomic E-state index is 12.5. The molecule has 1 amide bonds. The molecule has 2 heterocycles. The molecule has 0 fully saturated rings. The van der Waals surface area contributed by atoms with Crippen LogP contribution in [0.25, 0.3) is 0 Å². The number of azo groups is 1. The summed E-state index contributed by atoms with van der Waals surface area (Å²) in [6.07, 6.45) is 0. The van der Waals surface area contributed by atoms with Gasteiger partial charge < -0.3 is 0 Å². The Balaban J connectivity index is 1.85. The van der Waals surface area contributed by atoms with Gasteiger partial charge in [-0.15, -0.1) is 0 Å². The van der Waals surface area contributed by atoms with Crippen molar-refractivity contribution in [3.8, 4) is 0 Å². The molecule has 22 heavy (non-hydrogen) atoms. The van der Waals surface area contributed by atoms with Gasteiger partial charge in [0.05, 0.1) is 22.8 Å². The Hall–Kier alpha value is -2.83. The van der Waals surface area contributed by atoms with Crippen molar-refractivity contribution in [2.24, 2.45) is 15.3 Å². The number of aromatic amines is 1. The normalized spacial score (nSPS) is 18.3. The third-order valence-corrected chi connectivity index (χ3v) is 3.46. The lowest BCUT2D eigenvalue weighted by atomic mass is 10.2. The first-order valence-corrected chi connectivity index (χ1v) is 6.94. The van der Waals surface area contributed by atoms with Crippen LogP contribution in [-0.4, -0.2) is 27.9 Å². The van der Waals surface area contributed by atoms with Crippen LogP contribution >= 0.6 is 0 Å². The molecule has 7 heteroatoms. The molecule has 2 aromatic rings. The van der Waals surface area contributed by atoms with Gasteiger partial charge in [-0.2, -0.15) is 25.4 Å². The molecule has 1 unspecified atom stereocenters. The maximum Gasteiger partial charge on any atom is 0.280 e. The molecule has 0 saturated carbocycles. The van der Waals surface area contributed by atoms with Crippen molar-refractivity contribution in [3.05, 3.63) is 41.7 Å². The fourth-order valence-electron chi connectivity index (χ4n) is 2.25. The Morgan fingerprint density at radius 3 is 2.55 bits per heavy atom. The molecule has 1 atom stereocenters. The van der Waals surface area contributed by atoms with Crippen molar-refractivity contribution in [2.45, 2.75) is 26.8 Å². The fraction of sp³-hybridized carbons (Fsp3) is 0.267. The van der Waals surface area contributed by atoms with Crippen molar-refractivity contribution in [1.82, 2.24) is 10.2 Å². The van der Waals surface area contributed by atoms with E-state index in [9.17, 15) is 4.79 Å². The third-order valence-electron chi connectivity index (χ3n) is 3.46. The summed E-state index contributed by atoms with van der Waals surface area (Å²) < 4.78 is 0. The summed E-state index contributed by atoms with van der Waals surface area (Å²) >= 11 is 0. The SMILES string of the molecule is CC1=NN(c2ccccc2)C(=O)C1N=Nc1c(C)n[nH]c1C. The van der Waals surface area contributed by atoms with Crippen LogP contribution in [0.2, 0.25) is 0 Å². The molecule has 0 saturated heterocycles. The number of para-hydroxylation sites is 1. The van der Waals surface area contributed by atoms with Gasteiger partial charge in [-0.25, -0.2) is 0 Å². The lowest BCUT2D eigenvalue weighted by Crippen LogP contribution is -2.29. The summed E-state index contributed by atoms with van der Waals surface area (Å²) in [7, 11) is 0. The maximum atomic E-state index is 12.5. The summed E-state index contributed by atoms with van der Waals surface area (Å²) in [5, 5.41) is 20.9. The van der Waals surface area contributed by atoms with E-state index in [1.807, 2.05) is 44.2 Å². The van der Waals surface area contributed by atoms with E-state index < -0.39 is 6.04 Å². The van der Waals surface area contributed by atoms with Gasteiger partial charge in [-0.1, -0.05) is 18.2 Å². The second-order valence-corrected chi connectivity index (χ2v) is 5.13. The number of carbonyl (C=O) groups excluding carboxylic acids is 1. The number of hydrogen-bond donors (Lipinski definition) is 1. The monoisotopic (exact) mass is 296 g/mol. The Morgan fingerprint density at radius 2 is 1.91 bits per heavy atom. The number of rotatable bonds is 3. The summed E-state index contributed by atoms with van der Waals surface area (Å²) in [5.41, 5.74) is 3.58. The number of aryl methyl sites for hydroxylation is 2. The Bertz CT molecular complexity index is 742. The van der Waals surface area contributed by atoms with Crippen LogP contribution in [0.1, 0.15) is 18.3 Å².